The van der Waals surface area contributed by atoms with Crippen LogP contribution in [-0.2, 0) is 0 Å². The molecule has 0 saturated heterocycles. The van der Waals surface area contributed by atoms with Gasteiger partial charge in [0, 0.05) is 16.8 Å². The number of aliphatic hydroxyl groups is 1. The van der Waals surface area contributed by atoms with E-state index in [-0.39, 0.29) is 0 Å². The molecule has 27 heavy (non-hydrogen) atoms. The summed E-state index contributed by atoms with van der Waals surface area (Å²) in [5, 5.41) is 12.2. The summed E-state index contributed by atoms with van der Waals surface area (Å²) in [6.07, 6.45) is 12.2. The van der Waals surface area contributed by atoms with Crippen LogP contribution in [0.1, 0.15) is 73.2 Å². The van der Waals surface area contributed by atoms with E-state index in [4.69, 9.17) is 11.6 Å². The highest BCUT2D eigenvalue weighted by Crippen LogP contribution is 2.48. The quantitative estimate of drug-likeness (QED) is 0.614. The lowest BCUT2D eigenvalue weighted by molar-refractivity contribution is 0.0810. The predicted octanol–water partition coefficient (Wildman–Crippen LogP) is 5.87. The van der Waals surface area contributed by atoms with Crippen LogP contribution in [0.15, 0.2) is 49.1 Å². The standard InChI is InChI=1S/C23H25ClN2O/c24-19-3-1-2-18(12-19)15-4-8-17(9-5-15)23(27)22-20(16-6-7-16)10-11-26-14-25-13-21(22)26/h1-3,10-17,23,27H,4-9H2. The zero-order valence-corrected chi connectivity index (χ0v) is 16.1. The van der Waals surface area contributed by atoms with E-state index in [0.29, 0.717) is 17.8 Å². The van der Waals surface area contributed by atoms with Crippen molar-refractivity contribution in [3.63, 3.8) is 0 Å². The fourth-order valence-corrected chi connectivity index (χ4v) is 5.07. The Labute approximate surface area is 165 Å². The van der Waals surface area contributed by atoms with Crippen molar-refractivity contribution in [3.8, 4) is 0 Å². The minimum Gasteiger partial charge on any atom is -0.388 e. The number of hydrogen-bond donors (Lipinski definition) is 1. The summed E-state index contributed by atoms with van der Waals surface area (Å²) in [5.41, 5.74) is 4.88. The highest BCUT2D eigenvalue weighted by molar-refractivity contribution is 6.30. The zero-order valence-electron chi connectivity index (χ0n) is 15.4. The van der Waals surface area contributed by atoms with E-state index < -0.39 is 6.10 Å². The van der Waals surface area contributed by atoms with Gasteiger partial charge in [0.1, 0.15) is 0 Å². The van der Waals surface area contributed by atoms with Gasteiger partial charge in [-0.15, -0.1) is 0 Å². The molecule has 140 valence electrons. The second-order valence-corrected chi connectivity index (χ2v) is 8.69. The number of aromatic nitrogens is 2. The zero-order chi connectivity index (χ0) is 18.4. The molecule has 1 aromatic carbocycles. The molecule has 2 heterocycles. The number of fused-ring (bicyclic) bond motifs is 1. The van der Waals surface area contributed by atoms with Crippen LogP contribution < -0.4 is 0 Å². The third-order valence-corrected chi connectivity index (χ3v) is 6.75. The van der Waals surface area contributed by atoms with Crippen molar-refractivity contribution >= 4 is 17.1 Å². The van der Waals surface area contributed by atoms with Gasteiger partial charge in [-0.1, -0.05) is 23.7 Å². The number of hydrogen-bond acceptors (Lipinski definition) is 2. The Morgan fingerprint density at radius 3 is 2.56 bits per heavy atom. The molecule has 0 spiro atoms. The van der Waals surface area contributed by atoms with E-state index in [1.54, 1.807) is 0 Å². The lowest BCUT2D eigenvalue weighted by Crippen LogP contribution is -2.21. The van der Waals surface area contributed by atoms with E-state index >= 15 is 0 Å². The summed E-state index contributed by atoms with van der Waals surface area (Å²) in [5.74, 6) is 1.50. The molecule has 2 fully saturated rings. The molecule has 4 heteroatoms. The van der Waals surface area contributed by atoms with Gasteiger partial charge in [0.05, 0.1) is 24.1 Å². The molecule has 1 N–H and O–H groups in total. The van der Waals surface area contributed by atoms with Crippen molar-refractivity contribution in [1.82, 2.24) is 9.38 Å². The van der Waals surface area contributed by atoms with Crippen LogP contribution in [0.3, 0.4) is 0 Å². The van der Waals surface area contributed by atoms with Crippen LogP contribution in [-0.4, -0.2) is 14.5 Å². The van der Waals surface area contributed by atoms with Crippen LogP contribution in [0, 0.1) is 5.92 Å². The van der Waals surface area contributed by atoms with Crippen molar-refractivity contribution in [2.45, 2.75) is 56.5 Å². The number of benzene rings is 1. The largest absolute Gasteiger partial charge is 0.388 e. The number of imidazole rings is 1. The molecule has 1 atom stereocenters. The number of halogens is 1. The van der Waals surface area contributed by atoms with E-state index in [1.165, 1.54) is 24.0 Å². The smallest absolute Gasteiger partial charge is 0.0992 e. The van der Waals surface area contributed by atoms with Gasteiger partial charge in [0.15, 0.2) is 0 Å². The van der Waals surface area contributed by atoms with Crippen LogP contribution in [0.4, 0.5) is 0 Å². The summed E-state index contributed by atoms with van der Waals surface area (Å²) in [6, 6.07) is 10.5. The summed E-state index contributed by atoms with van der Waals surface area (Å²) >= 11 is 6.17. The maximum absolute atomic E-state index is 11.4. The fourth-order valence-electron chi connectivity index (χ4n) is 4.87. The molecular weight excluding hydrogens is 356 g/mol. The summed E-state index contributed by atoms with van der Waals surface area (Å²) in [6.45, 7) is 0. The highest BCUT2D eigenvalue weighted by atomic mass is 35.5. The van der Waals surface area contributed by atoms with Crippen molar-refractivity contribution in [2.24, 2.45) is 5.92 Å². The maximum atomic E-state index is 11.4. The molecule has 0 amide bonds. The minimum atomic E-state index is -0.402. The van der Waals surface area contributed by atoms with Gasteiger partial charge >= 0.3 is 0 Å². The molecular formula is C23H25ClN2O. The molecule has 2 aliphatic carbocycles. The van der Waals surface area contributed by atoms with Crippen LogP contribution in [0.25, 0.3) is 5.52 Å². The summed E-state index contributed by atoms with van der Waals surface area (Å²) in [4.78, 5) is 4.31. The number of nitrogens with zero attached hydrogens (tertiary/aromatic N) is 2. The summed E-state index contributed by atoms with van der Waals surface area (Å²) < 4.78 is 2.04. The number of aliphatic hydroxyl groups excluding tert-OH is 1. The highest BCUT2D eigenvalue weighted by Gasteiger charge is 2.34. The molecule has 0 radical (unpaired) electrons. The van der Waals surface area contributed by atoms with Gasteiger partial charge < -0.3 is 9.51 Å². The second-order valence-electron chi connectivity index (χ2n) is 8.26. The predicted molar refractivity (Wildman–Crippen MR) is 108 cm³/mol. The van der Waals surface area contributed by atoms with Crippen molar-refractivity contribution in [1.29, 1.82) is 0 Å². The van der Waals surface area contributed by atoms with Gasteiger partial charge in [-0.05, 0) is 85.6 Å². The first-order valence-electron chi connectivity index (χ1n) is 10.1. The Hall–Kier alpha value is -1.84. The van der Waals surface area contributed by atoms with E-state index in [2.05, 4.69) is 29.4 Å². The van der Waals surface area contributed by atoms with Crippen LogP contribution in [0.2, 0.25) is 5.02 Å². The van der Waals surface area contributed by atoms with Gasteiger partial charge in [-0.3, -0.25) is 0 Å². The third kappa shape index (κ3) is 3.28. The Balaban J connectivity index is 1.38. The monoisotopic (exact) mass is 380 g/mol. The topological polar surface area (TPSA) is 37.5 Å². The van der Waals surface area contributed by atoms with E-state index in [1.807, 2.05) is 29.1 Å². The normalized spacial score (nSPS) is 24.2. The summed E-state index contributed by atoms with van der Waals surface area (Å²) in [7, 11) is 0. The second kappa shape index (κ2) is 6.96. The first-order valence-corrected chi connectivity index (χ1v) is 10.5. The molecule has 2 aromatic heterocycles. The third-order valence-electron chi connectivity index (χ3n) is 6.52. The van der Waals surface area contributed by atoms with Gasteiger partial charge in [-0.2, -0.15) is 0 Å². The first-order chi connectivity index (χ1) is 13.2. The van der Waals surface area contributed by atoms with Crippen molar-refractivity contribution < 1.29 is 5.11 Å². The average Bonchev–Trinajstić information content (AvgIpc) is 3.43. The van der Waals surface area contributed by atoms with Crippen LogP contribution >= 0.6 is 11.6 Å². The molecule has 2 aliphatic rings. The van der Waals surface area contributed by atoms with Crippen LogP contribution in [0.5, 0.6) is 0 Å². The number of rotatable bonds is 4. The fraction of sp³-hybridized carbons (Fsp3) is 0.435. The molecule has 1 unspecified atom stereocenters. The molecule has 3 aromatic rings. The lowest BCUT2D eigenvalue weighted by atomic mass is 9.75. The molecule has 0 aliphatic heterocycles. The Morgan fingerprint density at radius 2 is 1.81 bits per heavy atom. The molecule has 2 saturated carbocycles. The van der Waals surface area contributed by atoms with Gasteiger partial charge in [0.2, 0.25) is 0 Å². The number of pyridine rings is 1. The minimum absolute atomic E-state index is 0.319. The lowest BCUT2D eigenvalue weighted by Gasteiger charge is -2.33. The first kappa shape index (κ1) is 17.3. The van der Waals surface area contributed by atoms with E-state index in [0.717, 1.165) is 41.8 Å². The van der Waals surface area contributed by atoms with Gasteiger partial charge in [-0.25, -0.2) is 4.98 Å². The van der Waals surface area contributed by atoms with Crippen molar-refractivity contribution in [3.05, 3.63) is 70.8 Å². The maximum Gasteiger partial charge on any atom is 0.0992 e. The van der Waals surface area contributed by atoms with Crippen molar-refractivity contribution in [2.75, 3.05) is 0 Å². The molecule has 5 rings (SSSR count). The van der Waals surface area contributed by atoms with Gasteiger partial charge in [0.25, 0.3) is 0 Å². The Morgan fingerprint density at radius 1 is 1.04 bits per heavy atom. The Kier molecular flexibility index (Phi) is 4.45. The molecule has 3 nitrogen and oxygen atoms in total. The Bertz CT molecular complexity index is 954. The van der Waals surface area contributed by atoms with E-state index in [9.17, 15) is 5.11 Å². The average molecular weight is 381 g/mol. The SMILES string of the molecule is OC(c1c(C2CC2)ccn2cncc12)C1CCC(c2cccc(Cl)c2)CC1. The molecule has 0 bridgehead atoms.